The Morgan fingerprint density at radius 3 is 3.07 bits per heavy atom. The van der Waals surface area contributed by atoms with Crippen LogP contribution in [0.25, 0.3) is 0 Å². The third-order valence-electron chi connectivity index (χ3n) is 2.22. The van der Waals surface area contributed by atoms with Gasteiger partial charge in [0.1, 0.15) is 4.88 Å². The zero-order chi connectivity index (χ0) is 10.8. The minimum absolute atomic E-state index is 0.330. The van der Waals surface area contributed by atoms with Crippen molar-refractivity contribution in [2.75, 3.05) is 23.7 Å². The van der Waals surface area contributed by atoms with Gasteiger partial charge < -0.3 is 4.90 Å². The van der Waals surface area contributed by atoms with E-state index in [2.05, 4.69) is 16.8 Å². The maximum absolute atomic E-state index is 10.7. The summed E-state index contributed by atoms with van der Waals surface area (Å²) in [5.41, 5.74) is 0. The molecule has 0 bridgehead atoms. The molecule has 0 aliphatic carbocycles. The molecule has 0 saturated carbocycles. The van der Waals surface area contributed by atoms with Crippen LogP contribution >= 0.6 is 34.7 Å². The molecule has 1 unspecified atom stereocenters. The maximum Gasteiger partial charge on any atom is 0.187 e. The second-order valence-electron chi connectivity index (χ2n) is 3.40. The highest BCUT2D eigenvalue weighted by Gasteiger charge is 2.20. The number of rotatable bonds is 2. The van der Waals surface area contributed by atoms with Gasteiger partial charge in [0, 0.05) is 24.1 Å². The molecule has 1 atom stereocenters. The Hall–Kier alpha value is -0.260. The van der Waals surface area contributed by atoms with Crippen LogP contribution in [-0.2, 0) is 0 Å². The summed E-state index contributed by atoms with van der Waals surface area (Å²) in [4.78, 5) is 17.6. The number of aromatic nitrogens is 1. The highest BCUT2D eigenvalue weighted by molar-refractivity contribution is 8.00. The zero-order valence-electron chi connectivity index (χ0n) is 8.27. The fraction of sp³-hybridized carbons (Fsp3) is 0.556. The molecule has 82 valence electrons. The lowest BCUT2D eigenvalue weighted by Gasteiger charge is -2.30. The standard InChI is InChI=1S/C9H11ClN2OS2/c1-6-4-12(2-3-14-6)9-11-8(10)7(5-13)15-9/h5-6H,2-4H2,1H3. The lowest BCUT2D eigenvalue weighted by molar-refractivity contribution is 0.112. The largest absolute Gasteiger partial charge is 0.346 e. The van der Waals surface area contributed by atoms with Crippen molar-refractivity contribution < 1.29 is 4.79 Å². The van der Waals surface area contributed by atoms with Crippen LogP contribution < -0.4 is 4.90 Å². The second kappa shape index (κ2) is 4.72. The van der Waals surface area contributed by atoms with E-state index in [1.54, 1.807) is 0 Å². The van der Waals surface area contributed by atoms with Crippen molar-refractivity contribution in [1.82, 2.24) is 4.98 Å². The number of halogens is 1. The molecule has 2 heterocycles. The molecule has 1 aliphatic rings. The van der Waals surface area contributed by atoms with Gasteiger partial charge in [-0.3, -0.25) is 4.79 Å². The molecule has 6 heteroatoms. The van der Waals surface area contributed by atoms with Gasteiger partial charge in [-0.05, 0) is 0 Å². The molecule has 0 N–H and O–H groups in total. The van der Waals surface area contributed by atoms with Crippen LogP contribution in [0.2, 0.25) is 5.15 Å². The normalized spacial score (nSPS) is 21.7. The number of hydrogen-bond donors (Lipinski definition) is 0. The first-order valence-corrected chi connectivity index (χ1v) is 6.93. The van der Waals surface area contributed by atoms with E-state index in [1.807, 2.05) is 11.8 Å². The fourth-order valence-electron chi connectivity index (χ4n) is 1.50. The maximum atomic E-state index is 10.7. The van der Waals surface area contributed by atoms with E-state index in [4.69, 9.17) is 11.6 Å². The van der Waals surface area contributed by atoms with Gasteiger partial charge in [0.15, 0.2) is 16.6 Å². The zero-order valence-corrected chi connectivity index (χ0v) is 10.7. The predicted octanol–water partition coefficient (Wildman–Crippen LogP) is 2.55. The van der Waals surface area contributed by atoms with E-state index in [0.29, 0.717) is 15.3 Å². The molecule has 1 aromatic heterocycles. The average molecular weight is 263 g/mol. The van der Waals surface area contributed by atoms with Crippen LogP contribution in [0.4, 0.5) is 5.13 Å². The molecule has 1 saturated heterocycles. The molecule has 0 radical (unpaired) electrons. The second-order valence-corrected chi connectivity index (χ2v) is 6.31. The Morgan fingerprint density at radius 2 is 2.47 bits per heavy atom. The summed E-state index contributed by atoms with van der Waals surface area (Å²) in [6.45, 7) is 4.16. The lowest BCUT2D eigenvalue weighted by Crippen LogP contribution is -2.36. The van der Waals surface area contributed by atoms with Crippen LogP contribution in [0.3, 0.4) is 0 Å². The molecule has 1 fully saturated rings. The topological polar surface area (TPSA) is 33.2 Å². The van der Waals surface area contributed by atoms with Crippen molar-refractivity contribution in [3.05, 3.63) is 10.0 Å². The molecule has 3 nitrogen and oxygen atoms in total. The highest BCUT2D eigenvalue weighted by Crippen LogP contribution is 2.31. The summed E-state index contributed by atoms with van der Waals surface area (Å²) in [6.07, 6.45) is 0.769. The van der Waals surface area contributed by atoms with Gasteiger partial charge in [-0.2, -0.15) is 11.8 Å². The van der Waals surface area contributed by atoms with Crippen molar-refractivity contribution >= 4 is 46.1 Å². The SMILES string of the molecule is CC1CN(c2nc(Cl)c(C=O)s2)CCS1. The van der Waals surface area contributed by atoms with Crippen molar-refractivity contribution in [1.29, 1.82) is 0 Å². The molecule has 1 aliphatic heterocycles. The molecule has 1 aromatic rings. The van der Waals surface area contributed by atoms with Gasteiger partial charge >= 0.3 is 0 Å². The number of thioether (sulfide) groups is 1. The molecular formula is C9H11ClN2OS2. The van der Waals surface area contributed by atoms with Crippen molar-refractivity contribution in [3.63, 3.8) is 0 Å². The van der Waals surface area contributed by atoms with Crippen LogP contribution in [0.15, 0.2) is 0 Å². The lowest BCUT2D eigenvalue weighted by atomic mass is 10.4. The summed E-state index contributed by atoms with van der Waals surface area (Å²) in [5.74, 6) is 1.11. The van der Waals surface area contributed by atoms with Crippen LogP contribution in [0.1, 0.15) is 16.6 Å². The monoisotopic (exact) mass is 262 g/mol. The van der Waals surface area contributed by atoms with E-state index >= 15 is 0 Å². The summed E-state index contributed by atoms with van der Waals surface area (Å²) < 4.78 is 0. The summed E-state index contributed by atoms with van der Waals surface area (Å²) in [7, 11) is 0. The summed E-state index contributed by atoms with van der Waals surface area (Å²) in [5, 5.41) is 1.81. The van der Waals surface area contributed by atoms with E-state index < -0.39 is 0 Å². The predicted molar refractivity (Wildman–Crippen MR) is 66.6 cm³/mol. The Kier molecular flexibility index (Phi) is 3.53. The van der Waals surface area contributed by atoms with Crippen molar-refractivity contribution in [2.45, 2.75) is 12.2 Å². The van der Waals surface area contributed by atoms with E-state index in [1.165, 1.54) is 11.3 Å². The van der Waals surface area contributed by atoms with E-state index in [9.17, 15) is 4.79 Å². The first-order chi connectivity index (χ1) is 7.20. The van der Waals surface area contributed by atoms with E-state index in [-0.39, 0.29) is 0 Å². The minimum Gasteiger partial charge on any atom is -0.346 e. The first-order valence-electron chi connectivity index (χ1n) is 4.68. The number of carbonyl (C=O) groups is 1. The Morgan fingerprint density at radius 1 is 1.67 bits per heavy atom. The Labute approximate surface area is 102 Å². The fourth-order valence-corrected chi connectivity index (χ4v) is 3.61. The third-order valence-corrected chi connectivity index (χ3v) is 4.80. The number of hydrogen-bond acceptors (Lipinski definition) is 5. The third kappa shape index (κ3) is 2.46. The summed E-state index contributed by atoms with van der Waals surface area (Å²) in [6, 6.07) is 0. The Bertz CT molecular complexity index is 369. The van der Waals surface area contributed by atoms with Crippen LogP contribution in [0, 0.1) is 0 Å². The van der Waals surface area contributed by atoms with E-state index in [0.717, 1.165) is 30.3 Å². The Balaban J connectivity index is 2.17. The molecule has 15 heavy (non-hydrogen) atoms. The van der Waals surface area contributed by atoms with Gasteiger partial charge in [0.2, 0.25) is 0 Å². The highest BCUT2D eigenvalue weighted by atomic mass is 35.5. The molecule has 0 amide bonds. The molecule has 0 spiro atoms. The number of nitrogens with zero attached hydrogens (tertiary/aromatic N) is 2. The van der Waals surface area contributed by atoms with Gasteiger partial charge in [-0.25, -0.2) is 4.98 Å². The van der Waals surface area contributed by atoms with Crippen molar-refractivity contribution in [3.8, 4) is 0 Å². The number of carbonyl (C=O) groups excluding carboxylic acids is 1. The van der Waals surface area contributed by atoms with Gasteiger partial charge in [-0.1, -0.05) is 29.9 Å². The van der Waals surface area contributed by atoms with Gasteiger partial charge in [0.25, 0.3) is 0 Å². The average Bonchev–Trinajstić information content (AvgIpc) is 2.60. The van der Waals surface area contributed by atoms with Gasteiger partial charge in [-0.15, -0.1) is 0 Å². The number of thiazole rings is 1. The smallest absolute Gasteiger partial charge is 0.187 e. The van der Waals surface area contributed by atoms with Crippen molar-refractivity contribution in [2.24, 2.45) is 0 Å². The van der Waals surface area contributed by atoms with Gasteiger partial charge in [0.05, 0.1) is 0 Å². The molecule has 2 rings (SSSR count). The molecular weight excluding hydrogens is 252 g/mol. The minimum atomic E-state index is 0.330. The quantitative estimate of drug-likeness (QED) is 0.767. The number of aldehydes is 1. The first kappa shape index (κ1) is 11.2. The van der Waals surface area contributed by atoms with Crippen LogP contribution in [-0.4, -0.2) is 35.4 Å². The summed E-state index contributed by atoms with van der Waals surface area (Å²) >= 11 is 9.18. The number of anilines is 1. The van der Waals surface area contributed by atoms with Crippen LogP contribution in [0.5, 0.6) is 0 Å². The molecule has 0 aromatic carbocycles.